The Morgan fingerprint density at radius 2 is 1.79 bits per heavy atom. The van der Waals surface area contributed by atoms with Crippen LogP contribution in [0.5, 0.6) is 0 Å². The number of nitrogens with zero attached hydrogens (tertiary/aromatic N) is 3. The van der Waals surface area contributed by atoms with Gasteiger partial charge in [0.05, 0.1) is 23.4 Å². The molecule has 2 amide bonds. The lowest BCUT2D eigenvalue weighted by Gasteiger charge is -2.35. The summed E-state index contributed by atoms with van der Waals surface area (Å²) in [6.45, 7) is 9.71. The number of aromatic nitrogens is 2. The van der Waals surface area contributed by atoms with Crippen molar-refractivity contribution in [2.45, 2.75) is 65.7 Å². The minimum absolute atomic E-state index is 0.0139. The predicted molar refractivity (Wildman–Crippen MR) is 146 cm³/mol. The molecule has 0 spiro atoms. The molecule has 198 valence electrons. The van der Waals surface area contributed by atoms with Crippen molar-refractivity contribution < 1.29 is 18.8 Å². The van der Waals surface area contributed by atoms with Gasteiger partial charge < -0.3 is 24.5 Å². The number of fused-ring (bicyclic) bond motifs is 3. The normalized spacial score (nSPS) is 20.3. The number of nitrogens with two attached hydrogens (primary N) is 1. The number of primary amides is 1. The molecule has 1 aliphatic carbocycles. The quantitative estimate of drug-likeness (QED) is 0.394. The molecule has 0 radical (unpaired) electrons. The SMILES string of the molecule is Cc1noc(C)c1-c1cc(C(N)=O)c2c3cc(C(=O)N4CC(C)OC(C)C4)ccc3n(CC3CCC3)c2c1. The van der Waals surface area contributed by atoms with Gasteiger partial charge in [-0.15, -0.1) is 0 Å². The van der Waals surface area contributed by atoms with Crippen LogP contribution in [0.15, 0.2) is 34.9 Å². The zero-order valence-electron chi connectivity index (χ0n) is 22.4. The second kappa shape index (κ2) is 9.27. The van der Waals surface area contributed by atoms with Gasteiger partial charge in [-0.25, -0.2) is 0 Å². The van der Waals surface area contributed by atoms with Gasteiger partial charge in [0.1, 0.15) is 5.76 Å². The van der Waals surface area contributed by atoms with Crippen LogP contribution in [0.2, 0.25) is 0 Å². The fourth-order valence-corrected chi connectivity index (χ4v) is 6.25. The lowest BCUT2D eigenvalue weighted by molar-refractivity contribution is -0.0586. The molecular formula is C30H34N4O4. The van der Waals surface area contributed by atoms with E-state index in [1.54, 1.807) is 0 Å². The zero-order chi connectivity index (χ0) is 26.7. The van der Waals surface area contributed by atoms with Gasteiger partial charge in [0.15, 0.2) is 0 Å². The summed E-state index contributed by atoms with van der Waals surface area (Å²) in [5.41, 5.74) is 11.5. The van der Waals surface area contributed by atoms with Crippen LogP contribution in [-0.2, 0) is 11.3 Å². The van der Waals surface area contributed by atoms with Gasteiger partial charge in [0.2, 0.25) is 5.91 Å². The number of carbonyl (C=O) groups is 2. The number of hydrogen-bond donors (Lipinski definition) is 1. The topological polar surface area (TPSA) is 104 Å². The second-order valence-electron chi connectivity index (χ2n) is 11.1. The molecular weight excluding hydrogens is 480 g/mol. The molecule has 3 heterocycles. The highest BCUT2D eigenvalue weighted by Crippen LogP contribution is 2.39. The van der Waals surface area contributed by atoms with Gasteiger partial charge in [-0.3, -0.25) is 9.59 Å². The Morgan fingerprint density at radius 3 is 2.39 bits per heavy atom. The summed E-state index contributed by atoms with van der Waals surface area (Å²) >= 11 is 0. The van der Waals surface area contributed by atoms with E-state index in [0.717, 1.165) is 45.2 Å². The Hall–Kier alpha value is -3.65. The maximum Gasteiger partial charge on any atom is 0.254 e. The van der Waals surface area contributed by atoms with Crippen LogP contribution in [0.25, 0.3) is 32.9 Å². The molecule has 1 saturated heterocycles. The second-order valence-corrected chi connectivity index (χ2v) is 11.1. The highest BCUT2D eigenvalue weighted by atomic mass is 16.5. The Kier molecular flexibility index (Phi) is 6.02. The monoisotopic (exact) mass is 514 g/mol. The molecule has 1 aliphatic heterocycles. The van der Waals surface area contributed by atoms with Crippen molar-refractivity contribution in [2.24, 2.45) is 11.7 Å². The Labute approximate surface area is 221 Å². The zero-order valence-corrected chi connectivity index (χ0v) is 22.4. The summed E-state index contributed by atoms with van der Waals surface area (Å²) in [5.74, 6) is 0.757. The van der Waals surface area contributed by atoms with Gasteiger partial charge in [0.25, 0.3) is 5.91 Å². The van der Waals surface area contributed by atoms with Crippen molar-refractivity contribution in [3.8, 4) is 11.1 Å². The number of hydrogen-bond acceptors (Lipinski definition) is 5. The molecule has 6 rings (SSSR count). The van der Waals surface area contributed by atoms with Crippen LogP contribution < -0.4 is 5.73 Å². The van der Waals surface area contributed by atoms with Crippen molar-refractivity contribution in [2.75, 3.05) is 13.1 Å². The first-order chi connectivity index (χ1) is 18.2. The molecule has 2 unspecified atom stereocenters. The van der Waals surface area contributed by atoms with Crippen LogP contribution in [0.4, 0.5) is 0 Å². The number of carbonyl (C=O) groups excluding carboxylic acids is 2. The maximum atomic E-state index is 13.6. The summed E-state index contributed by atoms with van der Waals surface area (Å²) in [4.78, 5) is 28.3. The molecule has 2 fully saturated rings. The Bertz CT molecular complexity index is 1550. The molecule has 2 atom stereocenters. The standard InChI is InChI=1S/C30H34N4O4/c1-16-13-33(14-17(2)37-16)30(36)21-8-9-25-23(10-21)28-24(29(31)35)11-22(27-18(3)32-38-19(27)4)12-26(28)34(25)15-20-6-5-7-20/h8-12,16-17,20H,5-7,13-15H2,1-4H3,(H2,31,35). The van der Waals surface area contributed by atoms with E-state index in [-0.39, 0.29) is 18.1 Å². The first kappa shape index (κ1) is 24.7. The van der Waals surface area contributed by atoms with Crippen LogP contribution in [0.1, 0.15) is 65.3 Å². The average molecular weight is 515 g/mol. The Morgan fingerprint density at radius 1 is 1.05 bits per heavy atom. The van der Waals surface area contributed by atoms with Gasteiger partial charge in [-0.2, -0.15) is 0 Å². The van der Waals surface area contributed by atoms with E-state index in [1.807, 2.05) is 56.9 Å². The summed E-state index contributed by atoms with van der Waals surface area (Å²) in [6.07, 6.45) is 3.60. The van der Waals surface area contributed by atoms with Crippen LogP contribution in [0, 0.1) is 19.8 Å². The number of aryl methyl sites for hydroxylation is 2. The largest absolute Gasteiger partial charge is 0.372 e. The van der Waals surface area contributed by atoms with Crippen molar-refractivity contribution in [1.82, 2.24) is 14.6 Å². The first-order valence-electron chi connectivity index (χ1n) is 13.5. The maximum absolute atomic E-state index is 13.6. The highest BCUT2D eigenvalue weighted by Gasteiger charge is 2.28. The molecule has 8 heteroatoms. The minimum Gasteiger partial charge on any atom is -0.372 e. The lowest BCUT2D eigenvalue weighted by Crippen LogP contribution is -2.48. The van der Waals surface area contributed by atoms with Crippen molar-refractivity contribution in [1.29, 1.82) is 0 Å². The number of morpholine rings is 1. The molecule has 1 saturated carbocycles. The number of ether oxygens (including phenoxy) is 1. The van der Waals surface area contributed by atoms with Crippen LogP contribution >= 0.6 is 0 Å². The van der Waals surface area contributed by atoms with E-state index >= 15 is 0 Å². The fourth-order valence-electron chi connectivity index (χ4n) is 6.25. The molecule has 2 aliphatic rings. The number of amides is 2. The van der Waals surface area contributed by atoms with Gasteiger partial charge in [0, 0.05) is 52.6 Å². The molecule has 8 nitrogen and oxygen atoms in total. The molecule has 38 heavy (non-hydrogen) atoms. The smallest absolute Gasteiger partial charge is 0.254 e. The minimum atomic E-state index is -0.501. The molecule has 0 bridgehead atoms. The lowest BCUT2D eigenvalue weighted by atomic mass is 9.85. The van der Waals surface area contributed by atoms with E-state index in [2.05, 4.69) is 15.8 Å². The van der Waals surface area contributed by atoms with Gasteiger partial charge in [-0.1, -0.05) is 11.6 Å². The summed E-state index contributed by atoms with van der Waals surface area (Å²) in [7, 11) is 0. The van der Waals surface area contributed by atoms with E-state index in [0.29, 0.717) is 35.9 Å². The van der Waals surface area contributed by atoms with E-state index in [1.165, 1.54) is 19.3 Å². The average Bonchev–Trinajstić information content (AvgIpc) is 3.35. The van der Waals surface area contributed by atoms with Crippen molar-refractivity contribution in [3.63, 3.8) is 0 Å². The Balaban J connectivity index is 1.56. The number of benzene rings is 2. The third kappa shape index (κ3) is 4.07. The van der Waals surface area contributed by atoms with Gasteiger partial charge in [-0.05, 0) is 82.3 Å². The molecule has 2 N–H and O–H groups in total. The highest BCUT2D eigenvalue weighted by molar-refractivity contribution is 6.20. The van der Waals surface area contributed by atoms with Crippen LogP contribution in [-0.4, -0.2) is 51.7 Å². The summed E-state index contributed by atoms with van der Waals surface area (Å²) in [5, 5.41) is 5.79. The molecule has 2 aromatic heterocycles. The summed E-state index contributed by atoms with van der Waals surface area (Å²) < 4.78 is 13.6. The predicted octanol–water partition coefficient (Wildman–Crippen LogP) is 5.21. The van der Waals surface area contributed by atoms with Crippen molar-refractivity contribution in [3.05, 3.63) is 52.9 Å². The molecule has 2 aromatic carbocycles. The summed E-state index contributed by atoms with van der Waals surface area (Å²) in [6, 6.07) is 9.81. The van der Waals surface area contributed by atoms with Gasteiger partial charge >= 0.3 is 0 Å². The van der Waals surface area contributed by atoms with E-state index in [4.69, 9.17) is 15.0 Å². The van der Waals surface area contributed by atoms with E-state index in [9.17, 15) is 9.59 Å². The molecule has 4 aromatic rings. The third-order valence-electron chi connectivity index (χ3n) is 8.17. The van der Waals surface area contributed by atoms with E-state index < -0.39 is 5.91 Å². The van der Waals surface area contributed by atoms with Crippen molar-refractivity contribution >= 4 is 33.6 Å². The third-order valence-corrected chi connectivity index (χ3v) is 8.17. The van der Waals surface area contributed by atoms with Crippen LogP contribution in [0.3, 0.4) is 0 Å². The number of rotatable bonds is 5. The first-order valence-corrected chi connectivity index (χ1v) is 13.5. The fraction of sp³-hybridized carbons (Fsp3) is 0.433.